The summed E-state index contributed by atoms with van der Waals surface area (Å²) in [6.07, 6.45) is 0. The standard InChI is InChI=1S/C16H11Cl2NO4S/c17-9-2-1-3-11(6-9)19-16(21)13-8-24(22,23)14-5-4-10(18)7-12(14)15(13)20/h1-7,20H,8H2,(H,19,21). The predicted octanol–water partition coefficient (Wildman–Crippen LogP) is 3.69. The molecular formula is C16H11Cl2NO4S. The molecule has 2 aromatic rings. The van der Waals surface area contributed by atoms with Gasteiger partial charge in [-0.15, -0.1) is 0 Å². The molecule has 0 bridgehead atoms. The molecule has 1 aliphatic heterocycles. The molecule has 124 valence electrons. The van der Waals surface area contributed by atoms with Crippen molar-refractivity contribution in [3.8, 4) is 0 Å². The normalized spacial score (nSPS) is 15.8. The van der Waals surface area contributed by atoms with Gasteiger partial charge < -0.3 is 10.4 Å². The van der Waals surface area contributed by atoms with E-state index in [9.17, 15) is 18.3 Å². The van der Waals surface area contributed by atoms with Crippen LogP contribution in [0.3, 0.4) is 0 Å². The summed E-state index contributed by atoms with van der Waals surface area (Å²) in [5, 5.41) is 13.6. The molecule has 1 heterocycles. The van der Waals surface area contributed by atoms with Gasteiger partial charge in [-0.05, 0) is 36.4 Å². The van der Waals surface area contributed by atoms with Crippen LogP contribution >= 0.6 is 23.2 Å². The fraction of sp³-hybridized carbons (Fsp3) is 0.0625. The van der Waals surface area contributed by atoms with Crippen LogP contribution in [0.2, 0.25) is 10.0 Å². The van der Waals surface area contributed by atoms with Crippen molar-refractivity contribution in [2.75, 3.05) is 11.1 Å². The van der Waals surface area contributed by atoms with Gasteiger partial charge in [0, 0.05) is 21.3 Å². The Morgan fingerprint density at radius 1 is 1.08 bits per heavy atom. The molecule has 0 atom stereocenters. The highest BCUT2D eigenvalue weighted by molar-refractivity contribution is 7.91. The van der Waals surface area contributed by atoms with Crippen molar-refractivity contribution in [3.05, 3.63) is 63.6 Å². The van der Waals surface area contributed by atoms with E-state index in [1.165, 1.54) is 24.3 Å². The molecular weight excluding hydrogens is 373 g/mol. The van der Waals surface area contributed by atoms with E-state index in [4.69, 9.17) is 23.2 Å². The average molecular weight is 384 g/mol. The van der Waals surface area contributed by atoms with Crippen LogP contribution in [0, 0.1) is 0 Å². The number of hydrogen-bond acceptors (Lipinski definition) is 4. The van der Waals surface area contributed by atoms with Crippen molar-refractivity contribution in [3.63, 3.8) is 0 Å². The molecule has 0 radical (unpaired) electrons. The lowest BCUT2D eigenvalue weighted by molar-refractivity contribution is -0.112. The van der Waals surface area contributed by atoms with Crippen molar-refractivity contribution >= 4 is 50.4 Å². The topological polar surface area (TPSA) is 83.5 Å². The summed E-state index contributed by atoms with van der Waals surface area (Å²) in [7, 11) is -3.75. The highest BCUT2D eigenvalue weighted by Gasteiger charge is 2.33. The third kappa shape index (κ3) is 3.13. The molecule has 24 heavy (non-hydrogen) atoms. The number of carbonyl (C=O) groups excluding carboxylic acids is 1. The Labute approximate surface area is 148 Å². The van der Waals surface area contributed by atoms with Crippen LogP contribution in [-0.2, 0) is 14.6 Å². The Balaban J connectivity index is 2.04. The first kappa shape index (κ1) is 16.8. The number of aliphatic hydroxyl groups is 1. The van der Waals surface area contributed by atoms with E-state index in [0.717, 1.165) is 0 Å². The van der Waals surface area contributed by atoms with Crippen LogP contribution in [0.15, 0.2) is 52.9 Å². The molecule has 0 aliphatic carbocycles. The van der Waals surface area contributed by atoms with Gasteiger partial charge in [-0.1, -0.05) is 29.3 Å². The molecule has 0 fully saturated rings. The minimum atomic E-state index is -3.75. The number of fused-ring (bicyclic) bond motifs is 1. The second-order valence-corrected chi connectivity index (χ2v) is 8.02. The van der Waals surface area contributed by atoms with Crippen LogP contribution < -0.4 is 5.32 Å². The Morgan fingerprint density at radius 2 is 1.79 bits per heavy atom. The zero-order chi connectivity index (χ0) is 17.5. The second kappa shape index (κ2) is 6.12. The SMILES string of the molecule is O=C(Nc1cccc(Cl)c1)C1=C(O)c2cc(Cl)ccc2S(=O)(=O)C1. The number of nitrogens with one attached hydrogen (secondary N) is 1. The number of amides is 1. The molecule has 3 rings (SSSR count). The number of rotatable bonds is 2. The zero-order valence-electron chi connectivity index (χ0n) is 12.1. The Kier molecular flexibility index (Phi) is 4.29. The minimum absolute atomic E-state index is 0.0185. The quantitative estimate of drug-likeness (QED) is 0.827. The van der Waals surface area contributed by atoms with E-state index in [2.05, 4.69) is 5.32 Å². The highest BCUT2D eigenvalue weighted by Crippen LogP contribution is 2.34. The highest BCUT2D eigenvalue weighted by atomic mass is 35.5. The summed E-state index contributed by atoms with van der Waals surface area (Å²) < 4.78 is 24.7. The lowest BCUT2D eigenvalue weighted by atomic mass is 10.1. The molecule has 2 N–H and O–H groups in total. The van der Waals surface area contributed by atoms with Gasteiger partial charge in [-0.2, -0.15) is 0 Å². The molecule has 8 heteroatoms. The summed E-state index contributed by atoms with van der Waals surface area (Å²) in [4.78, 5) is 12.4. The average Bonchev–Trinajstić information content (AvgIpc) is 2.50. The number of halogens is 2. The van der Waals surface area contributed by atoms with Crippen LogP contribution in [0.25, 0.3) is 5.76 Å². The molecule has 5 nitrogen and oxygen atoms in total. The van der Waals surface area contributed by atoms with Crippen molar-refractivity contribution in [2.24, 2.45) is 0 Å². The van der Waals surface area contributed by atoms with E-state index >= 15 is 0 Å². The second-order valence-electron chi connectivity index (χ2n) is 5.19. The van der Waals surface area contributed by atoms with Gasteiger partial charge in [-0.25, -0.2) is 8.42 Å². The van der Waals surface area contributed by atoms with E-state index in [1.54, 1.807) is 18.2 Å². The fourth-order valence-electron chi connectivity index (χ4n) is 2.40. The summed E-state index contributed by atoms with van der Waals surface area (Å²) in [5.41, 5.74) is 0.164. The minimum Gasteiger partial charge on any atom is -0.507 e. The van der Waals surface area contributed by atoms with Crippen molar-refractivity contribution < 1.29 is 18.3 Å². The maximum Gasteiger partial charge on any atom is 0.256 e. The number of aliphatic hydroxyl groups excluding tert-OH is 1. The fourth-order valence-corrected chi connectivity index (χ4v) is 4.33. The van der Waals surface area contributed by atoms with Gasteiger partial charge in [0.15, 0.2) is 9.84 Å². The van der Waals surface area contributed by atoms with Crippen molar-refractivity contribution in [1.82, 2.24) is 0 Å². The van der Waals surface area contributed by atoms with E-state index in [0.29, 0.717) is 10.7 Å². The van der Waals surface area contributed by atoms with Crippen molar-refractivity contribution in [2.45, 2.75) is 4.90 Å². The van der Waals surface area contributed by atoms with Crippen LogP contribution in [0.1, 0.15) is 5.56 Å². The summed E-state index contributed by atoms with van der Waals surface area (Å²) in [5.74, 6) is -1.72. The van der Waals surface area contributed by atoms with Gasteiger partial charge >= 0.3 is 0 Å². The van der Waals surface area contributed by atoms with Crippen LogP contribution in [0.5, 0.6) is 0 Å². The largest absolute Gasteiger partial charge is 0.507 e. The predicted molar refractivity (Wildman–Crippen MR) is 93.1 cm³/mol. The van der Waals surface area contributed by atoms with Crippen molar-refractivity contribution in [1.29, 1.82) is 0 Å². The number of carbonyl (C=O) groups is 1. The van der Waals surface area contributed by atoms with E-state index in [1.807, 2.05) is 0 Å². The zero-order valence-corrected chi connectivity index (χ0v) is 14.4. The maximum absolute atomic E-state index is 12.4. The lowest BCUT2D eigenvalue weighted by Gasteiger charge is -2.20. The number of sulfone groups is 1. The molecule has 2 aromatic carbocycles. The molecule has 0 saturated carbocycles. The van der Waals surface area contributed by atoms with Crippen LogP contribution in [0.4, 0.5) is 5.69 Å². The molecule has 0 unspecified atom stereocenters. The van der Waals surface area contributed by atoms with Gasteiger partial charge in [0.2, 0.25) is 0 Å². The van der Waals surface area contributed by atoms with Gasteiger partial charge in [0.25, 0.3) is 5.91 Å². The van der Waals surface area contributed by atoms with E-state index in [-0.39, 0.29) is 21.1 Å². The Morgan fingerprint density at radius 3 is 2.50 bits per heavy atom. The maximum atomic E-state index is 12.4. The number of anilines is 1. The van der Waals surface area contributed by atoms with E-state index < -0.39 is 27.3 Å². The monoisotopic (exact) mass is 383 g/mol. The van der Waals surface area contributed by atoms with Crippen LogP contribution in [-0.4, -0.2) is 25.2 Å². The Hall–Kier alpha value is -2.02. The third-order valence-corrected chi connectivity index (χ3v) is 5.67. The molecule has 0 saturated heterocycles. The smallest absolute Gasteiger partial charge is 0.256 e. The Bertz CT molecular complexity index is 983. The lowest BCUT2D eigenvalue weighted by Crippen LogP contribution is -2.26. The first-order valence-corrected chi connectivity index (χ1v) is 9.20. The first-order chi connectivity index (χ1) is 11.3. The van der Waals surface area contributed by atoms with Gasteiger partial charge in [0.1, 0.15) is 5.76 Å². The van der Waals surface area contributed by atoms with Gasteiger partial charge in [0.05, 0.1) is 16.2 Å². The number of benzene rings is 2. The molecule has 0 spiro atoms. The molecule has 0 aromatic heterocycles. The third-order valence-electron chi connectivity index (χ3n) is 3.51. The molecule has 1 amide bonds. The summed E-state index contributed by atoms with van der Waals surface area (Å²) in [6, 6.07) is 10.4. The molecule has 1 aliphatic rings. The summed E-state index contributed by atoms with van der Waals surface area (Å²) >= 11 is 11.7. The first-order valence-electron chi connectivity index (χ1n) is 6.79. The summed E-state index contributed by atoms with van der Waals surface area (Å²) in [6.45, 7) is 0. The number of hydrogen-bond donors (Lipinski definition) is 2. The van der Waals surface area contributed by atoms with Gasteiger partial charge in [-0.3, -0.25) is 4.79 Å².